The number of amides is 1. The summed E-state index contributed by atoms with van der Waals surface area (Å²) in [4.78, 5) is 18.2. The van der Waals surface area contributed by atoms with Crippen LogP contribution in [0.1, 0.15) is 31.9 Å². The number of nitrogens with two attached hydrogens (primary N) is 2. The highest BCUT2D eigenvalue weighted by Gasteiger charge is 2.34. The van der Waals surface area contributed by atoms with Crippen LogP contribution in [0.2, 0.25) is 0 Å². The highest BCUT2D eigenvalue weighted by atomic mass is 16.3. The Morgan fingerprint density at radius 1 is 1.38 bits per heavy atom. The van der Waals surface area contributed by atoms with Crippen molar-refractivity contribution in [3.8, 4) is 5.75 Å². The quantitative estimate of drug-likeness (QED) is 0.509. The first-order valence-corrected chi connectivity index (χ1v) is 8.16. The summed E-state index contributed by atoms with van der Waals surface area (Å²) in [6.07, 6.45) is 3.30. The van der Waals surface area contributed by atoms with Gasteiger partial charge in [-0.2, -0.15) is 0 Å². The van der Waals surface area contributed by atoms with Crippen molar-refractivity contribution >= 4 is 11.6 Å². The Morgan fingerprint density at radius 3 is 2.54 bits per heavy atom. The first-order valence-electron chi connectivity index (χ1n) is 8.16. The van der Waals surface area contributed by atoms with E-state index in [0.717, 1.165) is 12.5 Å². The molecule has 1 aromatic heterocycles. The summed E-state index contributed by atoms with van der Waals surface area (Å²) in [6, 6.07) is 3.13. The second-order valence-corrected chi connectivity index (χ2v) is 6.62. The molecule has 1 aliphatic carbocycles. The van der Waals surface area contributed by atoms with Crippen molar-refractivity contribution in [2.75, 3.05) is 20.6 Å². The van der Waals surface area contributed by atoms with E-state index in [4.69, 9.17) is 11.6 Å². The minimum atomic E-state index is 0.0697. The van der Waals surface area contributed by atoms with E-state index >= 15 is 0 Å². The van der Waals surface area contributed by atoms with Crippen molar-refractivity contribution in [2.45, 2.75) is 26.2 Å². The summed E-state index contributed by atoms with van der Waals surface area (Å²) in [7, 11) is 3.52. The minimum Gasteiger partial charge on any atom is -0.506 e. The second kappa shape index (κ2) is 7.53. The molecule has 1 amide bonds. The molecule has 0 aromatic carbocycles. The fraction of sp³-hybridized carbons (Fsp3) is 0.529. The Labute approximate surface area is 142 Å². The van der Waals surface area contributed by atoms with Crippen molar-refractivity contribution in [3.05, 3.63) is 29.7 Å². The van der Waals surface area contributed by atoms with E-state index < -0.39 is 0 Å². The van der Waals surface area contributed by atoms with E-state index in [1.807, 2.05) is 7.05 Å². The van der Waals surface area contributed by atoms with Gasteiger partial charge in [-0.05, 0) is 36.8 Å². The van der Waals surface area contributed by atoms with Crippen LogP contribution < -0.4 is 11.6 Å². The standard InChI is InChI=1S/C17H27N5O2/c1-11-8-12(11)10-21(2)16(24)7-6-15(22(3)19)17(18)14-5-4-13(23)9-20-14/h4-5,9,11-12,23H,6-8,10,18-19H2,1-3H3/b17-15-/t11-,12+/m0/s1. The van der Waals surface area contributed by atoms with Crippen molar-refractivity contribution in [1.29, 1.82) is 0 Å². The molecule has 132 valence electrons. The predicted molar refractivity (Wildman–Crippen MR) is 93.1 cm³/mol. The fourth-order valence-electron chi connectivity index (χ4n) is 2.72. The highest BCUT2D eigenvalue weighted by Crippen LogP contribution is 2.38. The van der Waals surface area contributed by atoms with Gasteiger partial charge in [0.05, 0.1) is 23.3 Å². The maximum atomic E-state index is 12.3. The molecule has 1 heterocycles. The molecule has 2 rings (SSSR count). The number of aromatic nitrogens is 1. The zero-order valence-electron chi connectivity index (χ0n) is 14.6. The number of pyridine rings is 1. The lowest BCUT2D eigenvalue weighted by atomic mass is 10.1. The van der Waals surface area contributed by atoms with Crippen LogP contribution in [0.15, 0.2) is 24.0 Å². The van der Waals surface area contributed by atoms with Crippen molar-refractivity contribution in [3.63, 3.8) is 0 Å². The van der Waals surface area contributed by atoms with E-state index in [2.05, 4.69) is 11.9 Å². The van der Waals surface area contributed by atoms with Crippen LogP contribution in [-0.2, 0) is 4.79 Å². The summed E-state index contributed by atoms with van der Waals surface area (Å²) < 4.78 is 0. The first-order chi connectivity index (χ1) is 11.3. The molecule has 0 spiro atoms. The molecule has 0 aliphatic heterocycles. The number of carbonyl (C=O) groups excluding carboxylic acids is 1. The fourth-order valence-corrected chi connectivity index (χ4v) is 2.72. The number of rotatable bonds is 7. The summed E-state index contributed by atoms with van der Waals surface area (Å²) in [5.41, 5.74) is 7.73. The first kappa shape index (κ1) is 18.1. The van der Waals surface area contributed by atoms with Crippen LogP contribution in [0.5, 0.6) is 5.75 Å². The number of hydrogen-bond acceptors (Lipinski definition) is 6. The molecule has 5 N–H and O–H groups in total. The van der Waals surface area contributed by atoms with Gasteiger partial charge in [0.25, 0.3) is 0 Å². The molecule has 0 radical (unpaired) electrons. The van der Waals surface area contributed by atoms with Crippen LogP contribution in [0.4, 0.5) is 0 Å². The van der Waals surface area contributed by atoms with Crippen molar-refractivity contribution in [1.82, 2.24) is 14.9 Å². The molecule has 24 heavy (non-hydrogen) atoms. The van der Waals surface area contributed by atoms with Gasteiger partial charge in [-0.15, -0.1) is 0 Å². The van der Waals surface area contributed by atoms with Gasteiger partial charge in [-0.1, -0.05) is 6.92 Å². The molecule has 7 nitrogen and oxygen atoms in total. The third kappa shape index (κ3) is 4.61. The van der Waals surface area contributed by atoms with Crippen LogP contribution in [0.3, 0.4) is 0 Å². The lowest BCUT2D eigenvalue weighted by Crippen LogP contribution is -2.31. The van der Waals surface area contributed by atoms with E-state index in [1.165, 1.54) is 23.7 Å². The third-order valence-electron chi connectivity index (χ3n) is 4.55. The van der Waals surface area contributed by atoms with Gasteiger partial charge in [-0.3, -0.25) is 9.78 Å². The smallest absolute Gasteiger partial charge is 0.222 e. The second-order valence-electron chi connectivity index (χ2n) is 6.62. The van der Waals surface area contributed by atoms with E-state index in [-0.39, 0.29) is 11.7 Å². The van der Waals surface area contributed by atoms with Gasteiger partial charge in [0.1, 0.15) is 5.75 Å². The van der Waals surface area contributed by atoms with Crippen LogP contribution in [0, 0.1) is 11.8 Å². The molecule has 0 bridgehead atoms. The Hall–Kier alpha value is -2.28. The molecule has 1 saturated carbocycles. The Bertz CT molecular complexity index is 612. The summed E-state index contributed by atoms with van der Waals surface area (Å²) in [6.45, 7) is 3.02. The Morgan fingerprint density at radius 2 is 2.04 bits per heavy atom. The summed E-state index contributed by atoms with van der Waals surface area (Å²) >= 11 is 0. The van der Waals surface area contributed by atoms with Crippen molar-refractivity contribution in [2.24, 2.45) is 23.4 Å². The van der Waals surface area contributed by atoms with Gasteiger partial charge in [-0.25, -0.2) is 5.84 Å². The maximum absolute atomic E-state index is 12.3. The lowest BCUT2D eigenvalue weighted by Gasteiger charge is -2.21. The van der Waals surface area contributed by atoms with Gasteiger partial charge >= 0.3 is 0 Å². The molecule has 7 heteroatoms. The molecule has 1 aromatic rings. The van der Waals surface area contributed by atoms with E-state index in [9.17, 15) is 9.90 Å². The number of nitrogens with zero attached hydrogens (tertiary/aromatic N) is 3. The maximum Gasteiger partial charge on any atom is 0.222 e. The lowest BCUT2D eigenvalue weighted by molar-refractivity contribution is -0.130. The molecule has 1 aliphatic rings. The van der Waals surface area contributed by atoms with Crippen LogP contribution in [0.25, 0.3) is 5.70 Å². The number of hydrogen-bond donors (Lipinski definition) is 3. The average molecular weight is 333 g/mol. The van der Waals surface area contributed by atoms with E-state index in [1.54, 1.807) is 18.0 Å². The summed E-state index contributed by atoms with van der Waals surface area (Å²) in [5.74, 6) is 7.38. The number of aromatic hydroxyl groups is 1. The Balaban J connectivity index is 2.01. The molecular weight excluding hydrogens is 306 g/mol. The van der Waals surface area contributed by atoms with Gasteiger partial charge in [0, 0.05) is 27.1 Å². The number of hydrazine groups is 1. The predicted octanol–water partition coefficient (Wildman–Crippen LogP) is 1.11. The van der Waals surface area contributed by atoms with Gasteiger partial charge < -0.3 is 20.7 Å². The largest absolute Gasteiger partial charge is 0.506 e. The molecule has 0 unspecified atom stereocenters. The minimum absolute atomic E-state index is 0.0697. The highest BCUT2D eigenvalue weighted by molar-refractivity contribution is 5.76. The molecule has 0 saturated heterocycles. The average Bonchev–Trinajstić information content (AvgIpc) is 3.22. The summed E-state index contributed by atoms with van der Waals surface area (Å²) in [5, 5.41) is 10.7. The number of carbonyl (C=O) groups is 1. The van der Waals surface area contributed by atoms with Crippen LogP contribution in [-0.4, -0.2) is 46.5 Å². The third-order valence-corrected chi connectivity index (χ3v) is 4.55. The zero-order valence-corrected chi connectivity index (χ0v) is 14.6. The van der Waals surface area contributed by atoms with E-state index in [0.29, 0.717) is 35.8 Å². The SMILES string of the molecule is C[C@H]1C[C@@H]1CN(C)C(=O)CC/C(=C(/N)c1ccc(O)cn1)N(C)N. The molecular formula is C17H27N5O2. The molecule has 1 fully saturated rings. The van der Waals surface area contributed by atoms with Crippen molar-refractivity contribution < 1.29 is 9.90 Å². The van der Waals surface area contributed by atoms with Gasteiger partial charge in [0.15, 0.2) is 0 Å². The van der Waals surface area contributed by atoms with Gasteiger partial charge in [0.2, 0.25) is 5.91 Å². The Kier molecular flexibility index (Phi) is 5.66. The van der Waals surface area contributed by atoms with Crippen LogP contribution >= 0.6 is 0 Å². The molecule has 2 atom stereocenters. The zero-order chi connectivity index (χ0) is 17.9. The topological polar surface area (TPSA) is 109 Å². The number of allylic oxidation sites excluding steroid dienone is 1. The monoisotopic (exact) mass is 333 g/mol. The normalized spacial score (nSPS) is 20.3.